The van der Waals surface area contributed by atoms with Crippen molar-refractivity contribution in [1.29, 1.82) is 0 Å². The van der Waals surface area contributed by atoms with Gasteiger partial charge in [-0.05, 0) is 66.9 Å². The molecule has 2 heterocycles. The molecule has 0 unspecified atom stereocenters. The third-order valence-electron chi connectivity index (χ3n) is 6.13. The first kappa shape index (κ1) is 24.3. The summed E-state index contributed by atoms with van der Waals surface area (Å²) in [6.45, 7) is 4.12. The van der Waals surface area contributed by atoms with E-state index in [4.69, 9.17) is 4.74 Å². The second-order valence-electron chi connectivity index (χ2n) is 8.56. The lowest BCUT2D eigenvalue weighted by Crippen LogP contribution is -2.29. The molecule has 0 radical (unpaired) electrons. The van der Waals surface area contributed by atoms with E-state index < -0.39 is 23.5 Å². The maximum Gasteiger partial charge on any atom is 0.301 e. The fourth-order valence-electron chi connectivity index (χ4n) is 4.17. The highest BCUT2D eigenvalue weighted by atomic mass is 32.1. The molecule has 1 atom stereocenters. The Hall–Kier alpha value is -4.37. The molecule has 1 aliphatic rings. The van der Waals surface area contributed by atoms with Crippen LogP contribution in [0.4, 0.5) is 9.52 Å². The summed E-state index contributed by atoms with van der Waals surface area (Å²) in [5.74, 6) is -1.93. The van der Waals surface area contributed by atoms with Crippen LogP contribution in [0.3, 0.4) is 0 Å². The number of amides is 1. The lowest BCUT2D eigenvalue weighted by atomic mass is 9.95. The van der Waals surface area contributed by atoms with Gasteiger partial charge in [-0.15, -0.1) is 10.2 Å². The molecule has 5 rings (SSSR count). The molecule has 0 bridgehead atoms. The van der Waals surface area contributed by atoms with Crippen molar-refractivity contribution >= 4 is 33.9 Å². The third-order valence-corrected chi connectivity index (χ3v) is 6.97. The van der Waals surface area contributed by atoms with Crippen LogP contribution in [-0.2, 0) is 16.2 Å². The van der Waals surface area contributed by atoms with E-state index in [0.29, 0.717) is 28.5 Å². The minimum atomic E-state index is -0.995. The molecule has 3 aromatic carbocycles. The molecule has 1 aromatic heterocycles. The van der Waals surface area contributed by atoms with E-state index in [0.717, 1.165) is 22.5 Å². The Morgan fingerprint density at radius 1 is 1.00 bits per heavy atom. The van der Waals surface area contributed by atoms with Crippen molar-refractivity contribution in [2.75, 3.05) is 4.90 Å². The number of aryl methyl sites for hydroxylation is 2. The smallest absolute Gasteiger partial charge is 0.301 e. The van der Waals surface area contributed by atoms with Crippen molar-refractivity contribution in [3.63, 3.8) is 0 Å². The number of aliphatic hydroxyl groups excluding tert-OH is 1. The number of hydrogen-bond acceptors (Lipinski definition) is 7. The van der Waals surface area contributed by atoms with Gasteiger partial charge in [0.15, 0.2) is 0 Å². The molecular formula is C28H22FN3O4S. The zero-order valence-electron chi connectivity index (χ0n) is 20.0. The van der Waals surface area contributed by atoms with Crippen LogP contribution in [0.2, 0.25) is 0 Å². The highest BCUT2D eigenvalue weighted by Gasteiger charge is 2.48. The molecule has 4 aromatic rings. The van der Waals surface area contributed by atoms with Crippen molar-refractivity contribution in [3.05, 3.63) is 111 Å². The molecule has 37 heavy (non-hydrogen) atoms. The van der Waals surface area contributed by atoms with Crippen LogP contribution in [0.25, 0.3) is 5.76 Å². The first-order valence-electron chi connectivity index (χ1n) is 11.5. The molecule has 9 heteroatoms. The van der Waals surface area contributed by atoms with Gasteiger partial charge in [0.2, 0.25) is 5.13 Å². The Morgan fingerprint density at radius 2 is 1.70 bits per heavy atom. The maximum absolute atomic E-state index is 13.7. The van der Waals surface area contributed by atoms with Gasteiger partial charge < -0.3 is 9.84 Å². The van der Waals surface area contributed by atoms with Crippen molar-refractivity contribution in [1.82, 2.24) is 10.2 Å². The summed E-state index contributed by atoms with van der Waals surface area (Å²) in [5.41, 5.74) is 2.85. The molecule has 1 saturated heterocycles. The number of nitrogens with zero attached hydrogens (tertiary/aromatic N) is 3. The summed E-state index contributed by atoms with van der Waals surface area (Å²) in [6, 6.07) is 18.9. The van der Waals surface area contributed by atoms with Crippen molar-refractivity contribution in [2.45, 2.75) is 26.5 Å². The maximum atomic E-state index is 13.7. The van der Waals surface area contributed by atoms with E-state index in [9.17, 15) is 19.1 Å². The van der Waals surface area contributed by atoms with Crippen molar-refractivity contribution in [2.24, 2.45) is 0 Å². The Labute approximate surface area is 216 Å². The molecule has 1 aliphatic heterocycles. The first-order chi connectivity index (χ1) is 17.8. The zero-order chi connectivity index (χ0) is 26.1. The van der Waals surface area contributed by atoms with Gasteiger partial charge in [-0.1, -0.05) is 47.7 Å². The number of anilines is 1. The fraction of sp³-hybridized carbons (Fsp3) is 0.143. The molecule has 186 valence electrons. The van der Waals surface area contributed by atoms with Gasteiger partial charge in [0.1, 0.15) is 28.9 Å². The summed E-state index contributed by atoms with van der Waals surface area (Å²) >= 11 is 1.14. The Morgan fingerprint density at radius 3 is 2.35 bits per heavy atom. The number of ketones is 1. The number of aliphatic hydroxyl groups is 1. The standard InChI is InChI=1S/C28H22FN3O4S/c1-16-5-3-4-6-20(16)15-36-22-13-9-19(10-14-22)25(33)23-24(18-7-11-21(29)12-8-18)32(27(35)26(23)34)28-31-30-17(2)37-28/h3-14,24,33H,15H2,1-2H3/b25-23+/t24-/m0/s1. The van der Waals surface area contributed by atoms with Crippen LogP contribution in [-0.4, -0.2) is 27.0 Å². The molecular weight excluding hydrogens is 493 g/mol. The largest absolute Gasteiger partial charge is 0.507 e. The quantitative estimate of drug-likeness (QED) is 0.207. The number of ether oxygens (including phenoxy) is 1. The number of aromatic nitrogens is 2. The average molecular weight is 516 g/mol. The predicted octanol–water partition coefficient (Wildman–Crippen LogP) is 5.50. The van der Waals surface area contributed by atoms with Crippen molar-refractivity contribution in [3.8, 4) is 5.75 Å². The number of halogens is 1. The third kappa shape index (κ3) is 4.73. The summed E-state index contributed by atoms with van der Waals surface area (Å²) in [5, 5.41) is 20.0. The van der Waals surface area contributed by atoms with Crippen LogP contribution in [0.15, 0.2) is 78.4 Å². The van der Waals surface area contributed by atoms with E-state index in [2.05, 4.69) is 10.2 Å². The molecule has 0 spiro atoms. The molecule has 0 aliphatic carbocycles. The molecule has 1 N–H and O–H groups in total. The number of Topliss-reactive ketones (excluding diaryl/α,β-unsaturated/α-hetero) is 1. The van der Waals surface area contributed by atoms with Crippen LogP contribution < -0.4 is 9.64 Å². The molecule has 1 fully saturated rings. The number of carbonyl (C=O) groups excluding carboxylic acids is 2. The Bertz CT molecular complexity index is 1510. The topological polar surface area (TPSA) is 92.6 Å². The highest BCUT2D eigenvalue weighted by molar-refractivity contribution is 7.15. The number of benzene rings is 3. The molecule has 0 saturated carbocycles. The zero-order valence-corrected chi connectivity index (χ0v) is 20.8. The van der Waals surface area contributed by atoms with Gasteiger partial charge in [0, 0.05) is 5.56 Å². The van der Waals surface area contributed by atoms with Crippen LogP contribution >= 0.6 is 11.3 Å². The number of rotatable bonds is 6. The minimum absolute atomic E-state index is 0.113. The van der Waals surface area contributed by atoms with Gasteiger partial charge in [-0.3, -0.25) is 14.5 Å². The summed E-state index contributed by atoms with van der Waals surface area (Å²) in [4.78, 5) is 27.5. The first-order valence-corrected chi connectivity index (χ1v) is 12.3. The fourth-order valence-corrected chi connectivity index (χ4v) is 4.89. The van der Waals surface area contributed by atoms with Gasteiger partial charge in [-0.2, -0.15) is 0 Å². The minimum Gasteiger partial charge on any atom is -0.507 e. The predicted molar refractivity (Wildman–Crippen MR) is 138 cm³/mol. The Balaban J connectivity index is 1.50. The van der Waals surface area contributed by atoms with Crippen LogP contribution in [0.1, 0.15) is 33.3 Å². The van der Waals surface area contributed by atoms with Gasteiger partial charge in [0.05, 0.1) is 11.6 Å². The normalized spacial score (nSPS) is 16.8. The molecule has 7 nitrogen and oxygen atoms in total. The highest BCUT2D eigenvalue weighted by Crippen LogP contribution is 2.43. The SMILES string of the molecule is Cc1nnc(N2C(=O)C(=O)/C(=C(/O)c3ccc(OCc4ccccc4C)cc3)[C@@H]2c2ccc(F)cc2)s1. The lowest BCUT2D eigenvalue weighted by Gasteiger charge is -2.22. The van der Waals surface area contributed by atoms with E-state index in [-0.39, 0.29) is 16.5 Å². The monoisotopic (exact) mass is 515 g/mol. The van der Waals surface area contributed by atoms with E-state index in [1.807, 2.05) is 31.2 Å². The second kappa shape index (κ2) is 9.94. The van der Waals surface area contributed by atoms with E-state index >= 15 is 0 Å². The van der Waals surface area contributed by atoms with Gasteiger partial charge in [0.25, 0.3) is 5.78 Å². The lowest BCUT2D eigenvalue weighted by molar-refractivity contribution is -0.132. The van der Waals surface area contributed by atoms with Gasteiger partial charge >= 0.3 is 5.91 Å². The van der Waals surface area contributed by atoms with Crippen LogP contribution in [0, 0.1) is 19.7 Å². The van der Waals surface area contributed by atoms with Gasteiger partial charge in [-0.25, -0.2) is 4.39 Å². The summed E-state index contributed by atoms with van der Waals surface area (Å²) < 4.78 is 19.5. The van der Waals surface area contributed by atoms with E-state index in [1.54, 1.807) is 31.2 Å². The van der Waals surface area contributed by atoms with Crippen LogP contribution in [0.5, 0.6) is 5.75 Å². The van der Waals surface area contributed by atoms with E-state index in [1.165, 1.54) is 29.2 Å². The number of hydrogen-bond donors (Lipinski definition) is 1. The summed E-state index contributed by atoms with van der Waals surface area (Å²) in [6.07, 6.45) is 0. The summed E-state index contributed by atoms with van der Waals surface area (Å²) in [7, 11) is 0. The number of carbonyl (C=O) groups is 2. The average Bonchev–Trinajstić information content (AvgIpc) is 3.44. The molecule has 1 amide bonds. The van der Waals surface area contributed by atoms with Crippen molar-refractivity contribution < 1.29 is 23.8 Å². The second-order valence-corrected chi connectivity index (χ2v) is 9.72. The Kier molecular flexibility index (Phi) is 6.54.